The fraction of sp³-hybridized carbons (Fsp3) is 0.462. The summed E-state index contributed by atoms with van der Waals surface area (Å²) in [6.07, 6.45) is 1.65. The Morgan fingerprint density at radius 2 is 2.17 bits per heavy atom. The maximum Gasteiger partial charge on any atom is 0.251 e. The SMILES string of the molecule is CCNC(=O)c1ccc(NCCCCO)c(N)c1. The van der Waals surface area contributed by atoms with Crippen LogP contribution in [0.5, 0.6) is 0 Å². The number of carbonyl (C=O) groups excluding carboxylic acids is 1. The second-order valence-electron chi connectivity index (χ2n) is 4.02. The lowest BCUT2D eigenvalue weighted by Crippen LogP contribution is -2.22. The Bertz CT molecular complexity index is 394. The van der Waals surface area contributed by atoms with Crippen LogP contribution >= 0.6 is 0 Å². The summed E-state index contributed by atoms with van der Waals surface area (Å²) < 4.78 is 0. The molecule has 0 unspecified atom stereocenters. The molecule has 18 heavy (non-hydrogen) atoms. The summed E-state index contributed by atoms with van der Waals surface area (Å²) in [7, 11) is 0. The van der Waals surface area contributed by atoms with E-state index in [2.05, 4.69) is 10.6 Å². The molecule has 0 saturated heterocycles. The largest absolute Gasteiger partial charge is 0.397 e. The number of hydrogen-bond acceptors (Lipinski definition) is 4. The van der Waals surface area contributed by atoms with Gasteiger partial charge in [-0.3, -0.25) is 4.79 Å². The van der Waals surface area contributed by atoms with Crippen LogP contribution in [0.3, 0.4) is 0 Å². The number of nitrogens with one attached hydrogen (secondary N) is 2. The lowest BCUT2D eigenvalue weighted by Gasteiger charge is -2.10. The van der Waals surface area contributed by atoms with Gasteiger partial charge in [0.2, 0.25) is 0 Å². The highest BCUT2D eigenvalue weighted by Crippen LogP contribution is 2.19. The zero-order chi connectivity index (χ0) is 13.4. The smallest absolute Gasteiger partial charge is 0.251 e. The van der Waals surface area contributed by atoms with Crippen molar-refractivity contribution >= 4 is 17.3 Å². The molecular weight excluding hydrogens is 230 g/mol. The number of carbonyl (C=O) groups is 1. The Kier molecular flexibility index (Phi) is 6.00. The van der Waals surface area contributed by atoms with Gasteiger partial charge in [-0.2, -0.15) is 0 Å². The van der Waals surface area contributed by atoms with E-state index in [0.29, 0.717) is 17.8 Å². The van der Waals surface area contributed by atoms with Gasteiger partial charge in [-0.1, -0.05) is 0 Å². The van der Waals surface area contributed by atoms with Crippen LogP contribution in [0.4, 0.5) is 11.4 Å². The molecule has 1 aromatic carbocycles. The van der Waals surface area contributed by atoms with Crippen LogP contribution in [0.1, 0.15) is 30.1 Å². The van der Waals surface area contributed by atoms with E-state index >= 15 is 0 Å². The zero-order valence-electron chi connectivity index (χ0n) is 10.7. The molecule has 0 saturated carbocycles. The molecule has 0 spiro atoms. The summed E-state index contributed by atoms with van der Waals surface area (Å²) >= 11 is 0. The number of nitrogens with two attached hydrogens (primary N) is 1. The molecule has 0 aromatic heterocycles. The van der Waals surface area contributed by atoms with Crippen molar-refractivity contribution in [3.05, 3.63) is 23.8 Å². The Labute approximate surface area is 107 Å². The van der Waals surface area contributed by atoms with Crippen LogP contribution in [0.15, 0.2) is 18.2 Å². The number of nitrogen functional groups attached to an aromatic ring is 1. The van der Waals surface area contributed by atoms with Crippen LogP contribution < -0.4 is 16.4 Å². The van der Waals surface area contributed by atoms with Gasteiger partial charge in [0.1, 0.15) is 0 Å². The number of hydrogen-bond donors (Lipinski definition) is 4. The minimum atomic E-state index is -0.115. The Hall–Kier alpha value is -1.75. The van der Waals surface area contributed by atoms with Crippen molar-refractivity contribution in [3.63, 3.8) is 0 Å². The number of amides is 1. The van der Waals surface area contributed by atoms with Crippen molar-refractivity contribution in [2.75, 3.05) is 30.7 Å². The van der Waals surface area contributed by atoms with E-state index in [-0.39, 0.29) is 12.5 Å². The number of benzene rings is 1. The topological polar surface area (TPSA) is 87.4 Å². The molecule has 1 rings (SSSR count). The highest BCUT2D eigenvalue weighted by molar-refractivity contribution is 5.96. The molecule has 0 fully saturated rings. The first-order valence-electron chi connectivity index (χ1n) is 6.21. The number of aliphatic hydroxyl groups is 1. The third kappa shape index (κ3) is 4.25. The molecule has 0 aliphatic heterocycles. The highest BCUT2D eigenvalue weighted by Gasteiger charge is 2.06. The normalized spacial score (nSPS) is 10.1. The summed E-state index contributed by atoms with van der Waals surface area (Å²) in [6.45, 7) is 3.43. The third-order valence-corrected chi connectivity index (χ3v) is 2.55. The zero-order valence-corrected chi connectivity index (χ0v) is 10.7. The first-order valence-corrected chi connectivity index (χ1v) is 6.21. The number of anilines is 2. The van der Waals surface area contributed by atoms with Crippen LogP contribution in [0.25, 0.3) is 0 Å². The molecule has 0 aliphatic rings. The second kappa shape index (κ2) is 7.55. The molecule has 0 bridgehead atoms. The first kappa shape index (κ1) is 14.3. The maximum atomic E-state index is 11.6. The molecule has 5 nitrogen and oxygen atoms in total. The summed E-state index contributed by atoms with van der Waals surface area (Å²) in [5.41, 5.74) is 7.82. The number of unbranched alkanes of at least 4 members (excludes halogenated alkanes) is 1. The molecule has 100 valence electrons. The maximum absolute atomic E-state index is 11.6. The van der Waals surface area contributed by atoms with E-state index in [1.165, 1.54) is 0 Å². The van der Waals surface area contributed by atoms with Crippen LogP contribution in [-0.4, -0.2) is 30.7 Å². The van der Waals surface area contributed by atoms with Gasteiger partial charge in [-0.05, 0) is 38.0 Å². The van der Waals surface area contributed by atoms with Crippen molar-refractivity contribution in [2.24, 2.45) is 0 Å². The lowest BCUT2D eigenvalue weighted by molar-refractivity contribution is 0.0956. The summed E-state index contributed by atoms with van der Waals surface area (Å²) in [5.74, 6) is -0.115. The predicted octanol–water partition coefficient (Wildman–Crippen LogP) is 1.20. The van der Waals surface area contributed by atoms with Crippen LogP contribution in [0, 0.1) is 0 Å². The Morgan fingerprint density at radius 3 is 2.78 bits per heavy atom. The van der Waals surface area contributed by atoms with E-state index in [1.54, 1.807) is 18.2 Å². The van der Waals surface area contributed by atoms with Crippen molar-refractivity contribution in [2.45, 2.75) is 19.8 Å². The lowest BCUT2D eigenvalue weighted by atomic mass is 10.1. The summed E-state index contributed by atoms with van der Waals surface area (Å²) in [6, 6.07) is 5.22. The quantitative estimate of drug-likeness (QED) is 0.433. The van der Waals surface area contributed by atoms with E-state index in [4.69, 9.17) is 10.8 Å². The second-order valence-corrected chi connectivity index (χ2v) is 4.02. The van der Waals surface area contributed by atoms with Gasteiger partial charge in [0, 0.05) is 25.3 Å². The highest BCUT2D eigenvalue weighted by atomic mass is 16.2. The van der Waals surface area contributed by atoms with Gasteiger partial charge < -0.3 is 21.5 Å². The molecular formula is C13H21N3O2. The van der Waals surface area contributed by atoms with Crippen molar-refractivity contribution in [1.82, 2.24) is 5.32 Å². The summed E-state index contributed by atoms with van der Waals surface area (Å²) in [5, 5.41) is 14.6. The first-order chi connectivity index (χ1) is 8.69. The molecule has 5 heteroatoms. The standard InChI is InChI=1S/C13H21N3O2/c1-2-15-13(18)10-5-6-12(11(14)9-10)16-7-3-4-8-17/h5-6,9,16-17H,2-4,7-8,14H2,1H3,(H,15,18). The van der Waals surface area contributed by atoms with Crippen LogP contribution in [-0.2, 0) is 0 Å². The van der Waals surface area contributed by atoms with E-state index < -0.39 is 0 Å². The average molecular weight is 251 g/mol. The van der Waals surface area contributed by atoms with Gasteiger partial charge in [0.05, 0.1) is 11.4 Å². The molecule has 1 amide bonds. The monoisotopic (exact) mass is 251 g/mol. The predicted molar refractivity (Wildman–Crippen MR) is 73.7 cm³/mol. The van der Waals surface area contributed by atoms with Gasteiger partial charge in [0.25, 0.3) is 5.91 Å². The van der Waals surface area contributed by atoms with Crippen LogP contribution in [0.2, 0.25) is 0 Å². The van der Waals surface area contributed by atoms with E-state index in [0.717, 1.165) is 25.1 Å². The summed E-state index contributed by atoms with van der Waals surface area (Å²) in [4.78, 5) is 11.6. The molecule has 0 radical (unpaired) electrons. The fourth-order valence-electron chi connectivity index (χ4n) is 1.59. The molecule has 0 heterocycles. The molecule has 5 N–H and O–H groups in total. The van der Waals surface area contributed by atoms with E-state index in [9.17, 15) is 4.79 Å². The van der Waals surface area contributed by atoms with Gasteiger partial charge in [-0.25, -0.2) is 0 Å². The molecule has 0 atom stereocenters. The third-order valence-electron chi connectivity index (χ3n) is 2.55. The van der Waals surface area contributed by atoms with Crippen molar-refractivity contribution < 1.29 is 9.90 Å². The van der Waals surface area contributed by atoms with Gasteiger partial charge in [-0.15, -0.1) is 0 Å². The number of aliphatic hydroxyl groups excluding tert-OH is 1. The van der Waals surface area contributed by atoms with Crippen molar-refractivity contribution in [1.29, 1.82) is 0 Å². The van der Waals surface area contributed by atoms with Gasteiger partial charge >= 0.3 is 0 Å². The average Bonchev–Trinajstić information content (AvgIpc) is 2.36. The van der Waals surface area contributed by atoms with Gasteiger partial charge in [0.15, 0.2) is 0 Å². The fourth-order valence-corrected chi connectivity index (χ4v) is 1.59. The molecule has 0 aliphatic carbocycles. The number of rotatable bonds is 7. The Balaban J connectivity index is 2.59. The van der Waals surface area contributed by atoms with Crippen molar-refractivity contribution in [3.8, 4) is 0 Å². The molecule has 1 aromatic rings. The minimum Gasteiger partial charge on any atom is -0.397 e. The Morgan fingerprint density at radius 1 is 1.39 bits per heavy atom. The minimum absolute atomic E-state index is 0.115. The van der Waals surface area contributed by atoms with E-state index in [1.807, 2.05) is 6.92 Å².